The van der Waals surface area contributed by atoms with Gasteiger partial charge >= 0.3 is 24.7 Å². The molecule has 5 rings (SSSR count). The van der Waals surface area contributed by atoms with Crippen molar-refractivity contribution in [2.75, 3.05) is 53.1 Å². The zero-order chi connectivity index (χ0) is 70.1. The molecule has 0 saturated heterocycles. The van der Waals surface area contributed by atoms with Crippen molar-refractivity contribution in [3.8, 4) is 0 Å². The van der Waals surface area contributed by atoms with E-state index in [0.29, 0.717) is 19.0 Å². The molecule has 0 aliphatic heterocycles. The number of ketones is 1. The van der Waals surface area contributed by atoms with Gasteiger partial charge in [-0.2, -0.15) is 64.4 Å². The number of alkyl halides is 14. The fourth-order valence-electron chi connectivity index (χ4n) is 4.79. The van der Waals surface area contributed by atoms with Crippen LogP contribution in [0.1, 0.15) is 180 Å². The summed E-state index contributed by atoms with van der Waals surface area (Å²) in [5.41, 5.74) is -6.56. The summed E-state index contributed by atoms with van der Waals surface area (Å²) in [7, 11) is 1.08. The van der Waals surface area contributed by atoms with Crippen LogP contribution in [-0.2, 0) is 30.2 Å². The number of sulfone groups is 1. The minimum absolute atomic E-state index is 0. The fraction of sp³-hybridized carbons (Fsp3) is 0.585. The summed E-state index contributed by atoms with van der Waals surface area (Å²) in [6, 6.07) is 32.0. The molecule has 5 aromatic rings. The van der Waals surface area contributed by atoms with Crippen LogP contribution in [-0.4, -0.2) is 102 Å². The van der Waals surface area contributed by atoms with Crippen molar-refractivity contribution >= 4 is 27.4 Å². The number of rotatable bonds is 4. The maximum absolute atomic E-state index is 13.5. The van der Waals surface area contributed by atoms with Gasteiger partial charge in [-0.25, -0.2) is 8.42 Å². The Labute approximate surface area is 529 Å². The lowest BCUT2D eigenvalue weighted by molar-refractivity contribution is -0.327. The number of aromatic nitrogens is 2. The molecule has 1 heterocycles. The smallest absolute Gasteiger partial charge is 0.411 e. The number of methoxy groups -OCH3 is 1. The Morgan fingerprint density at radius 1 is 0.489 bits per heavy atom. The van der Waals surface area contributed by atoms with Crippen molar-refractivity contribution in [3.05, 3.63) is 155 Å². The summed E-state index contributed by atoms with van der Waals surface area (Å²) in [6.45, 7) is 32.8. The lowest BCUT2D eigenvalue weighted by Gasteiger charge is -2.38. The summed E-state index contributed by atoms with van der Waals surface area (Å²) in [5.74, 6) is 1.41. The molecule has 0 bridgehead atoms. The van der Waals surface area contributed by atoms with E-state index >= 15 is 0 Å². The molecule has 524 valence electrons. The van der Waals surface area contributed by atoms with Crippen LogP contribution in [0.2, 0.25) is 0 Å². The molecule has 0 aliphatic rings. The summed E-state index contributed by atoms with van der Waals surface area (Å²) in [4.78, 5) is 9.44. The molecule has 4 aromatic carbocycles. The summed E-state index contributed by atoms with van der Waals surface area (Å²) < 4.78 is 199. The highest BCUT2D eigenvalue weighted by molar-refractivity contribution is 7.97. The van der Waals surface area contributed by atoms with E-state index in [9.17, 15) is 74.7 Å². The third-order valence-corrected chi connectivity index (χ3v) is 8.30. The third-order valence-electron chi connectivity index (χ3n) is 8.30. The number of carbonyl (C=O) groups is 1. The SMILES string of the molecule is C.C.C.CC.CC.CC.CC.CC(C)(C(F)(F)F)C(F)(F)F.CC(C)(c1ccccc1)c1ccccc1.CC(C)=O.CCC.CCF.CF.COC.CS(C)(=O)=O.CSC.Cc1nnc(C)o1.FC(F)(F)C(c1ccccc1)(c1ccccc1)C(F)(F)F. The summed E-state index contributed by atoms with van der Waals surface area (Å²) in [5, 5.41) is 7.20. The molecule has 0 saturated carbocycles. The van der Waals surface area contributed by atoms with Gasteiger partial charge in [0.15, 0.2) is 5.41 Å². The minimum atomic E-state index is -5.52. The topological polar surface area (TPSA) is 99.4 Å². The van der Waals surface area contributed by atoms with Gasteiger partial charge in [-0.1, -0.05) is 233 Å². The molecular formula is C65H114F14N2O5S2. The molecule has 7 nitrogen and oxygen atoms in total. The normalized spacial score (nSPS) is 9.86. The maximum atomic E-state index is 13.5. The highest BCUT2D eigenvalue weighted by atomic mass is 32.2. The Balaban J connectivity index is -0.0000000682. The first-order valence-corrected chi connectivity index (χ1v) is 30.7. The lowest BCUT2D eigenvalue weighted by Crippen LogP contribution is -2.54. The van der Waals surface area contributed by atoms with Gasteiger partial charge in [-0.3, -0.25) is 8.78 Å². The number of halogens is 14. The van der Waals surface area contributed by atoms with Gasteiger partial charge in [0, 0.05) is 46.0 Å². The number of Topliss-reactive ketones (excluding diaryl/α,β-unsaturated/α-hetero) is 1. The van der Waals surface area contributed by atoms with E-state index in [0.717, 1.165) is 61.0 Å². The largest absolute Gasteiger partial charge is 0.426 e. The average Bonchev–Trinajstić information content (AvgIpc) is 3.81. The van der Waals surface area contributed by atoms with Gasteiger partial charge in [0.1, 0.15) is 15.6 Å². The average molecular weight is 1330 g/mol. The first-order chi connectivity index (χ1) is 39.1. The minimum Gasteiger partial charge on any atom is -0.426 e. The van der Waals surface area contributed by atoms with E-state index in [1.807, 2.05) is 67.9 Å². The predicted molar refractivity (Wildman–Crippen MR) is 350 cm³/mol. The number of hydrogen-bond donors (Lipinski definition) is 0. The molecule has 0 N–H and O–H groups in total. The van der Waals surface area contributed by atoms with Crippen LogP contribution in [0.5, 0.6) is 0 Å². The van der Waals surface area contributed by atoms with Crippen LogP contribution in [0, 0.1) is 19.3 Å². The van der Waals surface area contributed by atoms with Gasteiger partial charge in [0.05, 0.1) is 13.9 Å². The van der Waals surface area contributed by atoms with Crippen LogP contribution >= 0.6 is 11.8 Å². The Hall–Kier alpha value is -5.03. The third kappa shape index (κ3) is 56.2. The summed E-state index contributed by atoms with van der Waals surface area (Å²) >= 11 is 1.75. The second-order valence-electron chi connectivity index (χ2n) is 16.6. The number of hydrogen-bond acceptors (Lipinski definition) is 8. The standard InChI is InChI=1S/C15H10F6.C15H16.C5H6F6.C4H6N2O.C3H6O.C3H8.C2H5F.C2H6O2S.C2H6O.C2H6S.4C2H6.CH3F.3CH4/c16-14(17,18)13(15(19,20)21,11-7-3-1-4-8-11)12-9-5-2-6-10-12;1-15(2,13-9-5-3-6-10-13)14-11-7-4-8-12-14;1-3(2,4(6,7)8)5(9,10)11;1-3-5-6-4(2)7-3;1-3(2)4;1-3-2;1-2-3;1-5(2,3)4;2*1-3-2;5*1-2;;;/h1-10H;3-12H,1-2H3;1-2H3;1-2H3;1-2H3;3H2,1-2H3;2H2,1H3;1-2H3;2*1-2H3;4*1-2H3;1H3;3*1H4. The Morgan fingerprint density at radius 2 is 0.636 bits per heavy atom. The predicted octanol–water partition coefficient (Wildman–Crippen LogP) is 23.4. The van der Waals surface area contributed by atoms with E-state index in [2.05, 4.69) is 103 Å². The van der Waals surface area contributed by atoms with Gasteiger partial charge in [0.2, 0.25) is 17.2 Å². The van der Waals surface area contributed by atoms with Gasteiger partial charge in [-0.15, -0.1) is 10.2 Å². The molecule has 0 spiro atoms. The first kappa shape index (κ1) is 114. The lowest BCUT2D eigenvalue weighted by atomic mass is 9.73. The number of nitrogens with zero attached hydrogens (tertiary/aromatic N) is 2. The van der Waals surface area contributed by atoms with Crippen molar-refractivity contribution in [3.63, 3.8) is 0 Å². The number of carbonyl (C=O) groups excluding carboxylic acids is 1. The van der Waals surface area contributed by atoms with E-state index in [4.69, 9.17) is 4.42 Å². The van der Waals surface area contributed by atoms with Gasteiger partial charge < -0.3 is 13.9 Å². The molecule has 0 radical (unpaired) electrons. The first-order valence-electron chi connectivity index (χ1n) is 26.7. The fourth-order valence-corrected chi connectivity index (χ4v) is 4.79. The molecule has 0 fully saturated rings. The summed E-state index contributed by atoms with van der Waals surface area (Å²) in [6.07, 6.45) is -13.9. The van der Waals surface area contributed by atoms with Gasteiger partial charge in [0.25, 0.3) is 0 Å². The zero-order valence-corrected chi connectivity index (χ0v) is 56.6. The van der Waals surface area contributed by atoms with E-state index in [1.54, 1.807) is 39.8 Å². The quantitative estimate of drug-likeness (QED) is 0.164. The van der Waals surface area contributed by atoms with Crippen LogP contribution in [0.15, 0.2) is 126 Å². The molecule has 0 atom stereocenters. The number of thioether (sulfide) groups is 1. The van der Waals surface area contributed by atoms with Crippen LogP contribution in [0.25, 0.3) is 0 Å². The van der Waals surface area contributed by atoms with Crippen molar-refractivity contribution in [1.82, 2.24) is 10.2 Å². The van der Waals surface area contributed by atoms with E-state index < -0.39 is 56.5 Å². The van der Waals surface area contributed by atoms with Crippen molar-refractivity contribution in [2.24, 2.45) is 5.41 Å². The van der Waals surface area contributed by atoms with Crippen molar-refractivity contribution < 1.29 is 83.8 Å². The highest BCUT2D eigenvalue weighted by Crippen LogP contribution is 2.56. The van der Waals surface area contributed by atoms with E-state index in [-0.39, 0.29) is 54.0 Å². The molecule has 88 heavy (non-hydrogen) atoms. The second kappa shape index (κ2) is 64.9. The maximum Gasteiger partial charge on any atom is 0.411 e. The van der Waals surface area contributed by atoms with Crippen LogP contribution in [0.3, 0.4) is 0 Å². The van der Waals surface area contributed by atoms with Crippen molar-refractivity contribution in [1.29, 1.82) is 0 Å². The van der Waals surface area contributed by atoms with Gasteiger partial charge in [-0.05, 0) is 69.4 Å². The molecule has 0 amide bonds. The molecule has 23 heteroatoms. The molecule has 1 aromatic heterocycles. The number of benzene rings is 4. The second-order valence-corrected chi connectivity index (χ2v) is 19.7. The number of aryl methyl sites for hydroxylation is 2. The number of ether oxygens (including phenoxy) is 1. The van der Waals surface area contributed by atoms with E-state index in [1.165, 1.54) is 50.5 Å². The van der Waals surface area contributed by atoms with Crippen LogP contribution < -0.4 is 0 Å². The molecular weight excluding hydrogens is 1220 g/mol. The van der Waals surface area contributed by atoms with Crippen LogP contribution in [0.4, 0.5) is 61.5 Å². The molecule has 0 unspecified atom stereocenters. The highest BCUT2D eigenvalue weighted by Gasteiger charge is 2.72. The Bertz CT molecular complexity index is 2110. The van der Waals surface area contributed by atoms with Crippen molar-refractivity contribution in [2.45, 2.75) is 196 Å². The zero-order valence-electron chi connectivity index (χ0n) is 55.0. The Morgan fingerprint density at radius 3 is 0.739 bits per heavy atom. The Kier molecular flexibility index (Phi) is 84.0. The molecule has 0 aliphatic carbocycles. The monoisotopic (exact) mass is 1330 g/mol.